The lowest BCUT2D eigenvalue weighted by Crippen LogP contribution is -2.28. The fourth-order valence-corrected chi connectivity index (χ4v) is 6.15. The number of anilines is 2. The molecule has 5 rings (SSSR count). The van der Waals surface area contributed by atoms with E-state index < -0.39 is 0 Å². The zero-order valence-corrected chi connectivity index (χ0v) is 27.2. The van der Waals surface area contributed by atoms with Gasteiger partial charge in [-0.25, -0.2) is 4.99 Å². The Labute approximate surface area is 269 Å². The second-order valence-corrected chi connectivity index (χ2v) is 12.2. The summed E-state index contributed by atoms with van der Waals surface area (Å²) in [6, 6.07) is 26.9. The lowest BCUT2D eigenvalue weighted by atomic mass is 10.1. The maximum atomic E-state index is 13.8. The highest BCUT2D eigenvalue weighted by molar-refractivity contribution is 14.1. The predicted octanol–water partition coefficient (Wildman–Crippen LogP) is 8.05. The fourth-order valence-electron chi connectivity index (χ4n) is 4.37. The van der Waals surface area contributed by atoms with Crippen LogP contribution in [-0.2, 0) is 9.59 Å². The molecule has 1 saturated heterocycles. The van der Waals surface area contributed by atoms with E-state index in [1.54, 1.807) is 18.1 Å². The molecule has 0 spiro atoms. The quantitative estimate of drug-likeness (QED) is 0.149. The largest absolute Gasteiger partial charge is 0.493 e. The van der Waals surface area contributed by atoms with E-state index in [0.29, 0.717) is 27.3 Å². The minimum atomic E-state index is -0.279. The van der Waals surface area contributed by atoms with Crippen molar-refractivity contribution in [3.63, 3.8) is 0 Å². The Morgan fingerprint density at radius 2 is 1.65 bits per heavy atom. The molecule has 1 fully saturated rings. The number of amides is 2. The molecule has 0 atom stereocenters. The molecule has 9 heteroatoms. The summed E-state index contributed by atoms with van der Waals surface area (Å²) in [5, 5.41) is 3.42. The molecule has 1 aliphatic heterocycles. The summed E-state index contributed by atoms with van der Waals surface area (Å²) in [4.78, 5) is 33.3. The molecule has 4 aromatic carbocycles. The van der Waals surface area contributed by atoms with Crippen LogP contribution in [0, 0.1) is 24.3 Å². The first-order valence-electron chi connectivity index (χ1n) is 13.5. The zero-order chi connectivity index (χ0) is 30.5. The first-order valence-corrected chi connectivity index (χ1v) is 15.4. The first-order chi connectivity index (χ1) is 20.7. The van der Waals surface area contributed by atoms with Gasteiger partial charge in [-0.05, 0) is 121 Å². The fraction of sp³-hybridized carbons (Fsp3) is 0.147. The van der Waals surface area contributed by atoms with Crippen molar-refractivity contribution in [3.8, 4) is 11.5 Å². The number of nitrogens with one attached hydrogen (secondary N) is 1. The normalized spacial score (nSPS) is 14.8. The number of carbonyl (C=O) groups is 2. The maximum Gasteiger partial charge on any atom is 0.271 e. The van der Waals surface area contributed by atoms with E-state index in [4.69, 9.17) is 14.5 Å². The van der Waals surface area contributed by atoms with Gasteiger partial charge in [0, 0.05) is 5.69 Å². The van der Waals surface area contributed by atoms with Gasteiger partial charge in [-0.2, -0.15) is 0 Å². The van der Waals surface area contributed by atoms with Crippen molar-refractivity contribution in [2.45, 2.75) is 20.8 Å². The Kier molecular flexibility index (Phi) is 9.52. The van der Waals surface area contributed by atoms with Crippen molar-refractivity contribution < 1.29 is 19.1 Å². The van der Waals surface area contributed by atoms with E-state index in [1.807, 2.05) is 106 Å². The second kappa shape index (κ2) is 13.5. The molecule has 0 aromatic heterocycles. The Hall–Kier alpha value is -4.09. The van der Waals surface area contributed by atoms with Crippen molar-refractivity contribution in [3.05, 3.63) is 116 Å². The van der Waals surface area contributed by atoms with Crippen LogP contribution in [0.25, 0.3) is 6.08 Å². The SMILES string of the molecule is COc1cc(/C=C2\SC(=Nc3ccc(C)cc3)N(c3ccc(C)cc3)C2=O)cc(I)c1OCC(=O)Nc1cccc(C)c1. The van der Waals surface area contributed by atoms with Gasteiger partial charge in [0.05, 0.1) is 27.0 Å². The minimum absolute atomic E-state index is 0.165. The van der Waals surface area contributed by atoms with Crippen molar-refractivity contribution in [1.29, 1.82) is 0 Å². The number of carbonyl (C=O) groups excluding carboxylic acids is 2. The number of benzene rings is 4. The number of halogens is 1. The second-order valence-electron chi connectivity index (χ2n) is 10.1. The number of methoxy groups -OCH3 is 1. The molecule has 2 amide bonds. The monoisotopic (exact) mass is 703 g/mol. The molecular formula is C34H30IN3O4S. The van der Waals surface area contributed by atoms with Crippen molar-refractivity contribution >= 4 is 74.5 Å². The molecule has 7 nitrogen and oxygen atoms in total. The van der Waals surface area contributed by atoms with Gasteiger partial charge in [0.2, 0.25) is 0 Å². The van der Waals surface area contributed by atoms with Crippen molar-refractivity contribution in [2.75, 3.05) is 23.9 Å². The third-order valence-corrected chi connectivity index (χ3v) is 8.33. The van der Waals surface area contributed by atoms with Gasteiger partial charge in [0.1, 0.15) is 0 Å². The average molecular weight is 704 g/mol. The third-order valence-electron chi connectivity index (χ3n) is 6.56. The summed E-state index contributed by atoms with van der Waals surface area (Å²) in [6.07, 6.45) is 1.82. The standard InChI is InChI=1S/C34H30IN3O4S/c1-21-8-12-25(13-9-21)37-34-38(27-14-10-22(2)11-15-27)33(40)30(43-34)19-24-17-28(35)32(29(18-24)41-4)42-20-31(39)36-26-7-5-6-23(3)16-26/h5-19H,20H2,1-4H3,(H,36,39)/b30-19-,37-34?. The first kappa shape index (κ1) is 30.4. The minimum Gasteiger partial charge on any atom is -0.493 e. The molecule has 4 aromatic rings. The van der Waals surface area contributed by atoms with E-state index >= 15 is 0 Å². The number of aliphatic imine (C=N–C) groups is 1. The number of thioether (sulfide) groups is 1. The highest BCUT2D eigenvalue weighted by Crippen LogP contribution is 2.39. The summed E-state index contributed by atoms with van der Waals surface area (Å²) in [6.45, 7) is 5.82. The molecule has 1 heterocycles. The van der Waals surface area contributed by atoms with Crippen LogP contribution in [0.15, 0.2) is 94.8 Å². The smallest absolute Gasteiger partial charge is 0.271 e. The Morgan fingerprint density at radius 1 is 0.953 bits per heavy atom. The summed E-state index contributed by atoms with van der Waals surface area (Å²) < 4.78 is 12.2. The molecule has 218 valence electrons. The van der Waals surface area contributed by atoms with Crippen LogP contribution in [0.5, 0.6) is 11.5 Å². The highest BCUT2D eigenvalue weighted by atomic mass is 127. The van der Waals surface area contributed by atoms with Crippen LogP contribution in [0.1, 0.15) is 22.3 Å². The van der Waals surface area contributed by atoms with Gasteiger partial charge < -0.3 is 14.8 Å². The number of rotatable bonds is 8. The molecule has 1 N–H and O–H groups in total. The van der Waals surface area contributed by atoms with E-state index in [-0.39, 0.29) is 18.4 Å². The Bertz CT molecular complexity index is 1730. The lowest BCUT2D eigenvalue weighted by molar-refractivity contribution is -0.118. The van der Waals surface area contributed by atoms with Gasteiger partial charge in [-0.15, -0.1) is 0 Å². The van der Waals surface area contributed by atoms with Crippen LogP contribution in [0.3, 0.4) is 0 Å². The van der Waals surface area contributed by atoms with Crippen LogP contribution in [0.2, 0.25) is 0 Å². The molecule has 1 aliphatic rings. The molecule has 0 radical (unpaired) electrons. The van der Waals surface area contributed by atoms with Gasteiger partial charge in [-0.3, -0.25) is 14.5 Å². The molecular weight excluding hydrogens is 673 g/mol. The molecule has 0 bridgehead atoms. The molecule has 0 unspecified atom stereocenters. The Morgan fingerprint density at radius 3 is 2.33 bits per heavy atom. The van der Waals surface area contributed by atoms with Gasteiger partial charge in [0.15, 0.2) is 23.3 Å². The van der Waals surface area contributed by atoms with Gasteiger partial charge in [0.25, 0.3) is 11.8 Å². The summed E-state index contributed by atoms with van der Waals surface area (Å²) in [5.74, 6) is 0.473. The molecule has 0 saturated carbocycles. The van der Waals surface area contributed by atoms with Crippen molar-refractivity contribution in [2.24, 2.45) is 4.99 Å². The van der Waals surface area contributed by atoms with E-state index in [1.165, 1.54) is 11.8 Å². The predicted molar refractivity (Wildman–Crippen MR) is 184 cm³/mol. The van der Waals surface area contributed by atoms with Crippen LogP contribution < -0.4 is 19.7 Å². The lowest BCUT2D eigenvalue weighted by Gasteiger charge is -2.16. The zero-order valence-electron chi connectivity index (χ0n) is 24.2. The average Bonchev–Trinajstić information content (AvgIpc) is 3.27. The van der Waals surface area contributed by atoms with Gasteiger partial charge in [-0.1, -0.05) is 47.5 Å². The summed E-state index contributed by atoms with van der Waals surface area (Å²) in [7, 11) is 1.54. The number of hydrogen-bond donors (Lipinski definition) is 1. The van der Waals surface area contributed by atoms with Crippen molar-refractivity contribution in [1.82, 2.24) is 0 Å². The summed E-state index contributed by atoms with van der Waals surface area (Å²) >= 11 is 3.47. The number of hydrogen-bond acceptors (Lipinski definition) is 6. The van der Waals surface area contributed by atoms with E-state index in [0.717, 1.165) is 37.2 Å². The molecule has 0 aliphatic carbocycles. The van der Waals surface area contributed by atoms with Gasteiger partial charge >= 0.3 is 0 Å². The number of aryl methyl sites for hydroxylation is 3. The number of amidine groups is 1. The van der Waals surface area contributed by atoms with E-state index in [2.05, 4.69) is 27.9 Å². The highest BCUT2D eigenvalue weighted by Gasteiger charge is 2.35. The summed E-state index contributed by atoms with van der Waals surface area (Å²) in [5.41, 5.74) is 6.27. The Balaban J connectivity index is 1.40. The number of ether oxygens (including phenoxy) is 2. The van der Waals surface area contributed by atoms with Crippen LogP contribution >= 0.6 is 34.4 Å². The number of nitrogens with zero attached hydrogens (tertiary/aromatic N) is 2. The molecule has 43 heavy (non-hydrogen) atoms. The maximum absolute atomic E-state index is 13.8. The van der Waals surface area contributed by atoms with Crippen LogP contribution in [0.4, 0.5) is 17.1 Å². The van der Waals surface area contributed by atoms with E-state index in [9.17, 15) is 9.59 Å². The van der Waals surface area contributed by atoms with Crippen LogP contribution in [-0.4, -0.2) is 30.7 Å². The topological polar surface area (TPSA) is 80.2 Å². The third kappa shape index (κ3) is 7.47.